The maximum atomic E-state index is 13.9. The number of aromatic nitrogens is 4. The zero-order chi connectivity index (χ0) is 29.4. The first-order chi connectivity index (χ1) is 18.8. The van der Waals surface area contributed by atoms with Crippen LogP contribution in [-0.2, 0) is 32.3 Å². The fourth-order valence-electron chi connectivity index (χ4n) is 4.19. The van der Waals surface area contributed by atoms with Gasteiger partial charge in [-0.3, -0.25) is 23.5 Å². The topological polar surface area (TPSA) is 158 Å². The Labute approximate surface area is 232 Å². The average Bonchev–Trinajstić information content (AvgIpc) is 3.31. The largest absolute Gasteiger partial charge is 0.468 e. The van der Waals surface area contributed by atoms with Gasteiger partial charge in [0, 0.05) is 26.2 Å². The van der Waals surface area contributed by atoms with Crippen LogP contribution < -0.4 is 16.1 Å². The molecule has 0 atom stereocenters. The highest BCUT2D eigenvalue weighted by Gasteiger charge is 2.30. The van der Waals surface area contributed by atoms with Crippen molar-refractivity contribution in [3.05, 3.63) is 50.1 Å². The van der Waals surface area contributed by atoms with E-state index < -0.39 is 48.0 Å². The van der Waals surface area contributed by atoms with Gasteiger partial charge in [-0.2, -0.15) is 4.98 Å². The van der Waals surface area contributed by atoms with E-state index in [0.29, 0.717) is 10.3 Å². The van der Waals surface area contributed by atoms with Crippen molar-refractivity contribution >= 4 is 46.7 Å². The van der Waals surface area contributed by atoms with Gasteiger partial charge in [0.1, 0.15) is 6.54 Å². The highest BCUT2D eigenvalue weighted by molar-refractivity contribution is 6.32. The molecule has 1 aromatic carbocycles. The summed E-state index contributed by atoms with van der Waals surface area (Å²) in [6.45, 7) is 4.40. The van der Waals surface area contributed by atoms with Crippen LogP contribution in [0.4, 0.5) is 10.7 Å². The second kappa shape index (κ2) is 11.0. The Morgan fingerprint density at radius 1 is 1.05 bits per heavy atom. The summed E-state index contributed by atoms with van der Waals surface area (Å²) in [5, 5.41) is 9.63. The van der Waals surface area contributed by atoms with Gasteiger partial charge >= 0.3 is 23.7 Å². The van der Waals surface area contributed by atoms with Crippen molar-refractivity contribution in [2.24, 2.45) is 5.41 Å². The summed E-state index contributed by atoms with van der Waals surface area (Å²) in [7, 11) is 1.15. The molecular formula is C25H29ClN6O8. The Hall–Kier alpha value is -4.33. The SMILES string of the molecule is COC(=O)Cn1c(=O)n(COC(=O)C(C)(C)C)c(=O)c2c1nc(N1CCN(C(=O)O)CC1)n2-c1ccccc1Cl. The van der Waals surface area contributed by atoms with E-state index >= 15 is 0 Å². The zero-order valence-electron chi connectivity index (χ0n) is 22.4. The number of ether oxygens (including phenoxy) is 2. The van der Waals surface area contributed by atoms with Crippen LogP contribution in [0.2, 0.25) is 5.02 Å². The number of para-hydroxylation sites is 1. The van der Waals surface area contributed by atoms with Crippen LogP contribution in [0.1, 0.15) is 20.8 Å². The molecule has 1 amide bonds. The molecule has 2 aromatic heterocycles. The van der Waals surface area contributed by atoms with Crippen LogP contribution in [0, 0.1) is 5.41 Å². The van der Waals surface area contributed by atoms with Crippen molar-refractivity contribution in [2.75, 3.05) is 38.2 Å². The standard InChI is InChI=1S/C25H29ClN6O8/c1-25(2,3)21(35)40-14-31-20(34)18-19(30(23(31)36)13-17(33)39-4)27-22(28-9-11-29(12-10-28)24(37)38)32(18)16-8-6-5-7-15(16)26/h5-8H,9-14H2,1-4H3,(H,37,38). The molecule has 3 heterocycles. The van der Waals surface area contributed by atoms with Crippen LogP contribution in [0.25, 0.3) is 16.9 Å². The number of nitrogens with zero attached hydrogens (tertiary/aromatic N) is 6. The predicted molar refractivity (Wildman–Crippen MR) is 144 cm³/mol. The molecule has 0 saturated carbocycles. The van der Waals surface area contributed by atoms with E-state index in [1.165, 1.54) is 9.47 Å². The van der Waals surface area contributed by atoms with Gasteiger partial charge in [0.2, 0.25) is 5.95 Å². The minimum absolute atomic E-state index is 0.0981. The number of benzene rings is 1. The second-order valence-electron chi connectivity index (χ2n) is 10.1. The van der Waals surface area contributed by atoms with E-state index in [0.717, 1.165) is 11.7 Å². The monoisotopic (exact) mass is 576 g/mol. The third-order valence-corrected chi connectivity index (χ3v) is 6.70. The van der Waals surface area contributed by atoms with Crippen LogP contribution in [0.5, 0.6) is 0 Å². The third-order valence-electron chi connectivity index (χ3n) is 6.38. The lowest BCUT2D eigenvalue weighted by molar-refractivity contribution is -0.157. The fourth-order valence-corrected chi connectivity index (χ4v) is 4.41. The number of amides is 1. The number of carboxylic acid groups (broad SMARTS) is 1. The van der Waals surface area contributed by atoms with Crippen molar-refractivity contribution in [3.8, 4) is 5.69 Å². The Bertz CT molecular complexity index is 1590. The van der Waals surface area contributed by atoms with E-state index in [-0.39, 0.29) is 48.3 Å². The lowest BCUT2D eigenvalue weighted by Crippen LogP contribution is -2.49. The molecule has 0 aliphatic carbocycles. The number of fused-ring (bicyclic) bond motifs is 1. The van der Waals surface area contributed by atoms with Crippen LogP contribution >= 0.6 is 11.6 Å². The maximum absolute atomic E-state index is 13.9. The molecule has 0 radical (unpaired) electrons. The van der Waals surface area contributed by atoms with Gasteiger partial charge in [-0.25, -0.2) is 14.2 Å². The quantitative estimate of drug-likeness (QED) is 0.426. The van der Waals surface area contributed by atoms with Crippen molar-refractivity contribution in [3.63, 3.8) is 0 Å². The van der Waals surface area contributed by atoms with E-state index in [1.54, 1.807) is 49.9 Å². The molecule has 3 aromatic rings. The number of anilines is 1. The summed E-state index contributed by atoms with van der Waals surface area (Å²) in [5.74, 6) is -1.20. The zero-order valence-corrected chi connectivity index (χ0v) is 23.2. The first-order valence-corrected chi connectivity index (χ1v) is 12.7. The predicted octanol–water partition coefficient (Wildman–Crippen LogP) is 1.52. The van der Waals surface area contributed by atoms with Gasteiger partial charge in [-0.15, -0.1) is 0 Å². The Morgan fingerprint density at radius 3 is 2.27 bits per heavy atom. The van der Waals surface area contributed by atoms with Gasteiger partial charge < -0.3 is 24.4 Å². The Kier molecular flexibility index (Phi) is 7.91. The number of methoxy groups -OCH3 is 1. The van der Waals surface area contributed by atoms with Gasteiger partial charge in [-0.05, 0) is 32.9 Å². The summed E-state index contributed by atoms with van der Waals surface area (Å²) < 4.78 is 13.2. The van der Waals surface area contributed by atoms with Gasteiger partial charge in [-0.1, -0.05) is 23.7 Å². The first-order valence-electron chi connectivity index (χ1n) is 12.3. The number of piperazine rings is 1. The van der Waals surface area contributed by atoms with Gasteiger partial charge in [0.15, 0.2) is 17.9 Å². The van der Waals surface area contributed by atoms with Crippen molar-refractivity contribution in [1.29, 1.82) is 0 Å². The summed E-state index contributed by atoms with van der Waals surface area (Å²) in [5.41, 5.74) is -2.51. The smallest absolute Gasteiger partial charge is 0.407 e. The van der Waals surface area contributed by atoms with Crippen molar-refractivity contribution in [2.45, 2.75) is 34.0 Å². The molecule has 1 aliphatic heterocycles. The van der Waals surface area contributed by atoms with Crippen molar-refractivity contribution < 1.29 is 29.0 Å². The van der Waals surface area contributed by atoms with E-state index in [9.17, 15) is 29.1 Å². The van der Waals surface area contributed by atoms with E-state index in [4.69, 9.17) is 21.1 Å². The number of imidazole rings is 1. The molecule has 1 fully saturated rings. The number of hydrogen-bond acceptors (Lipinski definition) is 9. The maximum Gasteiger partial charge on any atom is 0.407 e. The number of halogens is 1. The van der Waals surface area contributed by atoms with Gasteiger partial charge in [0.05, 0.1) is 23.2 Å². The minimum atomic E-state index is -1.06. The van der Waals surface area contributed by atoms with Gasteiger partial charge in [0.25, 0.3) is 5.56 Å². The molecule has 15 heteroatoms. The number of esters is 2. The van der Waals surface area contributed by atoms with Crippen LogP contribution in [-0.4, -0.2) is 80.0 Å². The molecule has 0 spiro atoms. The second-order valence-corrected chi connectivity index (χ2v) is 10.5. The molecule has 14 nitrogen and oxygen atoms in total. The third kappa shape index (κ3) is 5.39. The molecule has 4 rings (SSSR count). The highest BCUT2D eigenvalue weighted by atomic mass is 35.5. The number of carbonyl (C=O) groups excluding carboxylic acids is 2. The molecule has 0 unspecified atom stereocenters. The minimum Gasteiger partial charge on any atom is -0.468 e. The number of rotatable bonds is 6. The first kappa shape index (κ1) is 28.7. The fraction of sp³-hybridized carbons (Fsp3) is 0.440. The molecule has 214 valence electrons. The summed E-state index contributed by atoms with van der Waals surface area (Å²) >= 11 is 6.54. The molecule has 40 heavy (non-hydrogen) atoms. The summed E-state index contributed by atoms with van der Waals surface area (Å²) in [6, 6.07) is 6.67. The highest BCUT2D eigenvalue weighted by Crippen LogP contribution is 2.30. The lowest BCUT2D eigenvalue weighted by Gasteiger charge is -2.34. The molecule has 1 aliphatic rings. The Morgan fingerprint density at radius 2 is 1.70 bits per heavy atom. The van der Waals surface area contributed by atoms with E-state index in [1.807, 2.05) is 0 Å². The van der Waals surface area contributed by atoms with Crippen LogP contribution in [0.15, 0.2) is 33.9 Å². The number of carbonyl (C=O) groups is 3. The summed E-state index contributed by atoms with van der Waals surface area (Å²) in [4.78, 5) is 71.2. The lowest BCUT2D eigenvalue weighted by atomic mass is 9.98. The summed E-state index contributed by atoms with van der Waals surface area (Å²) in [6.07, 6.45) is -1.06. The van der Waals surface area contributed by atoms with E-state index in [2.05, 4.69) is 4.98 Å². The average molecular weight is 577 g/mol. The molecular weight excluding hydrogens is 548 g/mol. The molecule has 1 saturated heterocycles. The molecule has 0 bridgehead atoms. The molecule has 1 N–H and O–H groups in total. The van der Waals surface area contributed by atoms with Crippen molar-refractivity contribution in [1.82, 2.24) is 23.6 Å². The normalized spacial score (nSPS) is 13.9. The van der Waals surface area contributed by atoms with Crippen LogP contribution in [0.3, 0.4) is 0 Å². The Balaban J connectivity index is 2.00. The number of hydrogen-bond donors (Lipinski definition) is 1.